The van der Waals surface area contributed by atoms with Gasteiger partial charge in [0.1, 0.15) is 5.82 Å². The molecule has 3 heteroatoms. The van der Waals surface area contributed by atoms with Crippen molar-refractivity contribution in [2.24, 2.45) is 0 Å². The van der Waals surface area contributed by atoms with E-state index < -0.39 is 23.4 Å². The van der Waals surface area contributed by atoms with E-state index in [0.717, 1.165) is 12.1 Å². The van der Waals surface area contributed by atoms with Crippen molar-refractivity contribution in [2.45, 2.75) is 12.8 Å². The smallest absolute Gasteiger partial charge is 0.166 e. The lowest BCUT2D eigenvalue weighted by Crippen LogP contribution is -2.01. The highest BCUT2D eigenvalue weighted by Crippen LogP contribution is 2.23. The average Bonchev–Trinajstić information content (AvgIpc) is 2.12. The minimum atomic E-state index is -1.20. The molecule has 0 aliphatic carbocycles. The molecular formula is C10H7F3. The van der Waals surface area contributed by atoms with Gasteiger partial charge in [-0.2, -0.15) is 0 Å². The van der Waals surface area contributed by atoms with Crippen LogP contribution in [0.25, 0.3) is 0 Å². The molecule has 68 valence electrons. The number of rotatable bonds is 1. The van der Waals surface area contributed by atoms with Crippen LogP contribution in [0.3, 0.4) is 0 Å². The number of halogens is 3. The Bertz CT molecular complexity index is 363. The first-order chi connectivity index (χ1) is 6.07. The zero-order valence-electron chi connectivity index (χ0n) is 6.94. The van der Waals surface area contributed by atoms with E-state index in [0.29, 0.717) is 0 Å². The number of benzene rings is 1. The van der Waals surface area contributed by atoms with E-state index in [2.05, 4.69) is 5.92 Å². The summed E-state index contributed by atoms with van der Waals surface area (Å²) in [4.78, 5) is 0. The summed E-state index contributed by atoms with van der Waals surface area (Å²) in [7, 11) is 0. The van der Waals surface area contributed by atoms with Crippen LogP contribution >= 0.6 is 0 Å². The number of hydrogen-bond acceptors (Lipinski definition) is 0. The van der Waals surface area contributed by atoms with Crippen molar-refractivity contribution in [1.29, 1.82) is 0 Å². The van der Waals surface area contributed by atoms with Crippen molar-refractivity contribution in [2.75, 3.05) is 0 Å². The fraction of sp³-hybridized carbons (Fsp3) is 0.200. The van der Waals surface area contributed by atoms with Gasteiger partial charge in [0.05, 0.1) is 0 Å². The van der Waals surface area contributed by atoms with E-state index in [1.165, 1.54) is 6.92 Å². The van der Waals surface area contributed by atoms with Crippen LogP contribution < -0.4 is 0 Å². The fourth-order valence-corrected chi connectivity index (χ4v) is 1.02. The van der Waals surface area contributed by atoms with Gasteiger partial charge in [-0.3, -0.25) is 0 Å². The van der Waals surface area contributed by atoms with E-state index >= 15 is 0 Å². The maximum Gasteiger partial charge on any atom is 0.166 e. The van der Waals surface area contributed by atoms with Crippen LogP contribution in [-0.2, 0) is 0 Å². The summed E-state index contributed by atoms with van der Waals surface area (Å²) in [5, 5.41) is 0. The summed E-state index contributed by atoms with van der Waals surface area (Å²) in [6.07, 6.45) is 4.99. The molecule has 0 aliphatic heterocycles. The predicted molar refractivity (Wildman–Crippen MR) is 43.6 cm³/mol. The van der Waals surface area contributed by atoms with Crippen molar-refractivity contribution in [3.8, 4) is 12.3 Å². The lowest BCUT2D eigenvalue weighted by Gasteiger charge is -2.07. The van der Waals surface area contributed by atoms with Gasteiger partial charge >= 0.3 is 0 Å². The summed E-state index contributed by atoms with van der Waals surface area (Å²) >= 11 is 0. The molecular weight excluding hydrogens is 177 g/mol. The van der Waals surface area contributed by atoms with Crippen LogP contribution in [0.2, 0.25) is 0 Å². The Morgan fingerprint density at radius 2 is 1.77 bits per heavy atom. The van der Waals surface area contributed by atoms with Gasteiger partial charge in [-0.1, -0.05) is 5.92 Å². The normalized spacial score (nSPS) is 12.2. The van der Waals surface area contributed by atoms with Crippen molar-refractivity contribution < 1.29 is 13.2 Å². The third-order valence-corrected chi connectivity index (χ3v) is 1.76. The predicted octanol–water partition coefficient (Wildman–Crippen LogP) is 2.84. The van der Waals surface area contributed by atoms with Gasteiger partial charge in [0.25, 0.3) is 0 Å². The Morgan fingerprint density at radius 1 is 1.23 bits per heavy atom. The highest BCUT2D eigenvalue weighted by molar-refractivity contribution is 5.29. The number of terminal acetylenes is 1. The summed E-state index contributed by atoms with van der Waals surface area (Å²) in [6, 6.07) is 1.60. The van der Waals surface area contributed by atoms with Gasteiger partial charge in [0.2, 0.25) is 0 Å². The van der Waals surface area contributed by atoms with Gasteiger partial charge in [0, 0.05) is 11.5 Å². The van der Waals surface area contributed by atoms with Gasteiger partial charge in [-0.05, 0) is 19.1 Å². The van der Waals surface area contributed by atoms with E-state index in [1.54, 1.807) is 0 Å². The Balaban J connectivity index is 3.35. The second kappa shape index (κ2) is 3.53. The molecule has 1 unspecified atom stereocenters. The monoisotopic (exact) mass is 184 g/mol. The Hall–Kier alpha value is -1.43. The van der Waals surface area contributed by atoms with Gasteiger partial charge in [-0.15, -0.1) is 6.42 Å². The summed E-state index contributed by atoms with van der Waals surface area (Å²) in [5.41, 5.74) is -0.387. The van der Waals surface area contributed by atoms with Crippen LogP contribution in [-0.4, -0.2) is 0 Å². The minimum absolute atomic E-state index is 0.387. The van der Waals surface area contributed by atoms with E-state index in [4.69, 9.17) is 6.42 Å². The maximum atomic E-state index is 13.0. The lowest BCUT2D eigenvalue weighted by molar-refractivity contribution is 0.477. The SMILES string of the molecule is C#CC(C)c1c(F)ccc(F)c1F. The van der Waals surface area contributed by atoms with Crippen molar-refractivity contribution in [3.05, 3.63) is 35.1 Å². The molecule has 0 spiro atoms. The van der Waals surface area contributed by atoms with E-state index in [-0.39, 0.29) is 5.56 Å². The quantitative estimate of drug-likeness (QED) is 0.465. The van der Waals surface area contributed by atoms with Crippen LogP contribution in [0.4, 0.5) is 13.2 Å². The zero-order chi connectivity index (χ0) is 10.0. The van der Waals surface area contributed by atoms with Crippen LogP contribution in [0.15, 0.2) is 12.1 Å². The molecule has 0 N–H and O–H groups in total. The Kier molecular flexibility index (Phi) is 2.62. The third-order valence-electron chi connectivity index (χ3n) is 1.76. The molecule has 1 aromatic carbocycles. The Morgan fingerprint density at radius 3 is 2.31 bits per heavy atom. The Labute approximate surface area is 74.4 Å². The van der Waals surface area contributed by atoms with Crippen molar-refractivity contribution >= 4 is 0 Å². The molecule has 0 aliphatic rings. The molecule has 0 saturated carbocycles. The second-order valence-corrected chi connectivity index (χ2v) is 2.65. The molecule has 0 saturated heterocycles. The van der Waals surface area contributed by atoms with Crippen LogP contribution in [0, 0.1) is 29.8 Å². The van der Waals surface area contributed by atoms with Crippen LogP contribution in [0.1, 0.15) is 18.4 Å². The van der Waals surface area contributed by atoms with Gasteiger partial charge in [-0.25, -0.2) is 13.2 Å². The van der Waals surface area contributed by atoms with E-state index in [1.807, 2.05) is 0 Å². The molecule has 1 rings (SSSR count). The van der Waals surface area contributed by atoms with Gasteiger partial charge < -0.3 is 0 Å². The molecule has 0 bridgehead atoms. The van der Waals surface area contributed by atoms with Crippen LogP contribution in [0.5, 0.6) is 0 Å². The largest absolute Gasteiger partial charge is 0.207 e. The molecule has 1 atom stereocenters. The highest BCUT2D eigenvalue weighted by atomic mass is 19.2. The van der Waals surface area contributed by atoms with Crippen molar-refractivity contribution in [3.63, 3.8) is 0 Å². The molecule has 13 heavy (non-hydrogen) atoms. The number of hydrogen-bond donors (Lipinski definition) is 0. The minimum Gasteiger partial charge on any atom is -0.207 e. The molecule has 0 heterocycles. The topological polar surface area (TPSA) is 0 Å². The lowest BCUT2D eigenvalue weighted by atomic mass is 10.0. The molecule has 0 nitrogen and oxygen atoms in total. The highest BCUT2D eigenvalue weighted by Gasteiger charge is 2.17. The first kappa shape index (κ1) is 9.66. The molecule has 1 aromatic rings. The van der Waals surface area contributed by atoms with Gasteiger partial charge in [0.15, 0.2) is 11.6 Å². The summed E-state index contributed by atoms with van der Waals surface area (Å²) < 4.78 is 38.6. The summed E-state index contributed by atoms with van der Waals surface area (Å²) in [5.74, 6) is -1.73. The molecule has 0 fully saturated rings. The first-order valence-corrected chi connectivity index (χ1v) is 3.67. The van der Waals surface area contributed by atoms with Crippen molar-refractivity contribution in [1.82, 2.24) is 0 Å². The fourth-order valence-electron chi connectivity index (χ4n) is 1.02. The standard InChI is InChI=1S/C10H7F3/c1-3-6(2)9-7(11)4-5-8(12)10(9)13/h1,4-6H,2H3. The molecule has 0 amide bonds. The molecule has 0 aromatic heterocycles. The average molecular weight is 184 g/mol. The zero-order valence-corrected chi connectivity index (χ0v) is 6.94. The summed E-state index contributed by atoms with van der Waals surface area (Å²) in [6.45, 7) is 1.43. The second-order valence-electron chi connectivity index (χ2n) is 2.65. The third kappa shape index (κ3) is 1.67. The molecule has 0 radical (unpaired) electrons. The first-order valence-electron chi connectivity index (χ1n) is 3.67. The maximum absolute atomic E-state index is 13.0. The van der Waals surface area contributed by atoms with E-state index in [9.17, 15) is 13.2 Å².